The molecule has 1 amide bonds. The highest BCUT2D eigenvalue weighted by molar-refractivity contribution is 5.86. The molecule has 9 heavy (non-hydrogen) atoms. The maximum Gasteiger partial charge on any atom is 0.227 e. The third-order valence-corrected chi connectivity index (χ3v) is 2.55. The number of hydrogen-bond donors (Lipinski definition) is 0. The van der Waals surface area contributed by atoms with E-state index < -0.39 is 0 Å². The van der Waals surface area contributed by atoms with Gasteiger partial charge in [-0.3, -0.25) is 4.79 Å². The zero-order valence-corrected chi connectivity index (χ0v) is 5.63. The lowest BCUT2D eigenvalue weighted by Gasteiger charge is -2.40. The van der Waals surface area contributed by atoms with Gasteiger partial charge in [-0.05, 0) is 12.8 Å². The predicted octanol–water partition coefficient (Wildman–Crippen LogP) is 0.627. The molecule has 0 aromatic heterocycles. The normalized spacial score (nSPS) is 40.6. The van der Waals surface area contributed by atoms with Gasteiger partial charge < -0.3 is 4.90 Å². The molecule has 0 aromatic rings. The van der Waals surface area contributed by atoms with Crippen LogP contribution in [0.5, 0.6) is 0 Å². The first-order valence-corrected chi connectivity index (χ1v) is 3.61. The van der Waals surface area contributed by atoms with Crippen molar-refractivity contribution in [2.45, 2.75) is 25.8 Å². The van der Waals surface area contributed by atoms with Gasteiger partial charge in [0.25, 0.3) is 0 Å². The van der Waals surface area contributed by atoms with Gasteiger partial charge in [0, 0.05) is 12.6 Å². The fraction of sp³-hybridized carbons (Fsp3) is 0.857. The van der Waals surface area contributed by atoms with Crippen molar-refractivity contribution >= 4 is 5.91 Å². The standard InChI is InChI=1S/C7H11NO/c1-5-6-3-2-4-8(6)7(5)9/h5-6H,2-4H2,1H3/t5-,6+/m1/s1. The van der Waals surface area contributed by atoms with Gasteiger partial charge in [0.2, 0.25) is 5.91 Å². The number of carbonyl (C=O) groups excluding carboxylic acids is 1. The Morgan fingerprint density at radius 3 is 3.11 bits per heavy atom. The Bertz CT molecular complexity index is 155. The monoisotopic (exact) mass is 125 g/mol. The molecule has 2 nitrogen and oxygen atoms in total. The highest BCUT2D eigenvalue weighted by Gasteiger charge is 2.46. The quantitative estimate of drug-likeness (QED) is 0.435. The highest BCUT2D eigenvalue weighted by atomic mass is 16.2. The molecule has 0 radical (unpaired) electrons. The SMILES string of the molecule is C[C@H]1C(=O)N2CCC[C@@H]12. The molecule has 0 unspecified atom stereocenters. The molecule has 2 heteroatoms. The summed E-state index contributed by atoms with van der Waals surface area (Å²) in [6.07, 6.45) is 2.47. The first kappa shape index (κ1) is 5.27. The topological polar surface area (TPSA) is 20.3 Å². The molecule has 2 rings (SSSR count). The zero-order chi connectivity index (χ0) is 6.43. The van der Waals surface area contributed by atoms with Crippen LogP contribution >= 0.6 is 0 Å². The number of β-lactam (4-membered cyclic amide) rings is 1. The van der Waals surface area contributed by atoms with Crippen LogP contribution in [0.4, 0.5) is 0 Å². The van der Waals surface area contributed by atoms with E-state index >= 15 is 0 Å². The smallest absolute Gasteiger partial charge is 0.227 e. The van der Waals surface area contributed by atoms with Crippen LogP contribution in [-0.2, 0) is 4.79 Å². The first-order valence-electron chi connectivity index (χ1n) is 3.61. The summed E-state index contributed by atoms with van der Waals surface area (Å²) < 4.78 is 0. The van der Waals surface area contributed by atoms with Gasteiger partial charge in [-0.1, -0.05) is 6.92 Å². The van der Waals surface area contributed by atoms with Crippen LogP contribution in [-0.4, -0.2) is 23.4 Å². The van der Waals surface area contributed by atoms with Crippen molar-refractivity contribution in [2.24, 2.45) is 5.92 Å². The number of hydrogen-bond acceptors (Lipinski definition) is 1. The number of carbonyl (C=O) groups is 1. The first-order chi connectivity index (χ1) is 4.30. The van der Waals surface area contributed by atoms with Gasteiger partial charge in [-0.25, -0.2) is 0 Å². The molecule has 50 valence electrons. The Morgan fingerprint density at radius 2 is 2.44 bits per heavy atom. The van der Waals surface area contributed by atoms with Crippen LogP contribution in [0.2, 0.25) is 0 Å². The Hall–Kier alpha value is -0.530. The maximum absolute atomic E-state index is 11.0. The summed E-state index contributed by atoms with van der Waals surface area (Å²) in [6, 6.07) is 0.623. The molecule has 0 aromatic carbocycles. The van der Waals surface area contributed by atoms with Gasteiger partial charge in [0.05, 0.1) is 5.92 Å². The van der Waals surface area contributed by atoms with Crippen LogP contribution < -0.4 is 0 Å². The molecule has 0 bridgehead atoms. The van der Waals surface area contributed by atoms with Crippen molar-refractivity contribution in [3.8, 4) is 0 Å². The second kappa shape index (κ2) is 1.49. The van der Waals surface area contributed by atoms with Crippen LogP contribution in [0, 0.1) is 5.92 Å². The van der Waals surface area contributed by atoms with Crippen molar-refractivity contribution in [3.63, 3.8) is 0 Å². The summed E-state index contributed by atoms with van der Waals surface area (Å²) in [5, 5.41) is 0. The summed E-state index contributed by atoms with van der Waals surface area (Å²) in [5.41, 5.74) is 0. The molecule has 0 aliphatic carbocycles. The van der Waals surface area contributed by atoms with Crippen LogP contribution in [0.15, 0.2) is 0 Å². The van der Waals surface area contributed by atoms with Crippen LogP contribution in [0.3, 0.4) is 0 Å². The number of fused-ring (bicyclic) bond motifs is 1. The van der Waals surface area contributed by atoms with Gasteiger partial charge in [-0.15, -0.1) is 0 Å². The fourth-order valence-electron chi connectivity index (χ4n) is 1.93. The molecular weight excluding hydrogens is 114 g/mol. The maximum atomic E-state index is 11.0. The van der Waals surface area contributed by atoms with Crippen molar-refractivity contribution in [3.05, 3.63) is 0 Å². The largest absolute Gasteiger partial charge is 0.339 e. The average molecular weight is 125 g/mol. The molecule has 0 N–H and O–H groups in total. The summed E-state index contributed by atoms with van der Waals surface area (Å²) in [6.45, 7) is 3.06. The van der Waals surface area contributed by atoms with Crippen molar-refractivity contribution < 1.29 is 4.79 Å². The minimum absolute atomic E-state index is 0.340. The van der Waals surface area contributed by atoms with Gasteiger partial charge in [0.15, 0.2) is 0 Å². The lowest BCUT2D eigenvalue weighted by Crippen LogP contribution is -2.55. The van der Waals surface area contributed by atoms with Crippen molar-refractivity contribution in [2.75, 3.05) is 6.54 Å². The van der Waals surface area contributed by atoms with E-state index in [2.05, 4.69) is 0 Å². The van der Waals surface area contributed by atoms with Gasteiger partial charge in [-0.2, -0.15) is 0 Å². The Balaban J connectivity index is 2.14. The second-order valence-electron chi connectivity index (χ2n) is 3.03. The lowest BCUT2D eigenvalue weighted by atomic mass is 9.90. The summed E-state index contributed by atoms with van der Waals surface area (Å²) in [5.74, 6) is 0.713. The van der Waals surface area contributed by atoms with E-state index in [1.54, 1.807) is 0 Å². The van der Waals surface area contributed by atoms with E-state index in [1.165, 1.54) is 12.8 Å². The molecule has 0 saturated carbocycles. The lowest BCUT2D eigenvalue weighted by molar-refractivity contribution is -0.150. The van der Waals surface area contributed by atoms with Crippen molar-refractivity contribution in [1.82, 2.24) is 4.90 Å². The molecule has 2 heterocycles. The average Bonchev–Trinajstić information content (AvgIpc) is 2.30. The second-order valence-corrected chi connectivity index (χ2v) is 3.03. The van der Waals surface area contributed by atoms with Gasteiger partial charge >= 0.3 is 0 Å². The Morgan fingerprint density at radius 1 is 1.67 bits per heavy atom. The van der Waals surface area contributed by atoms with Crippen molar-refractivity contribution in [1.29, 1.82) is 0 Å². The minimum Gasteiger partial charge on any atom is -0.339 e. The summed E-state index contributed by atoms with van der Waals surface area (Å²) >= 11 is 0. The number of nitrogens with zero attached hydrogens (tertiary/aromatic N) is 1. The molecule has 2 fully saturated rings. The predicted molar refractivity (Wildman–Crippen MR) is 33.9 cm³/mol. The Kier molecular flexibility index (Phi) is 0.875. The molecule has 2 saturated heterocycles. The van der Waals surface area contributed by atoms with E-state index in [9.17, 15) is 4.79 Å². The van der Waals surface area contributed by atoms with E-state index in [1.807, 2.05) is 11.8 Å². The van der Waals surface area contributed by atoms with E-state index in [0.29, 0.717) is 17.9 Å². The molecule has 2 aliphatic rings. The van der Waals surface area contributed by atoms with E-state index in [0.717, 1.165) is 6.54 Å². The van der Waals surface area contributed by atoms with E-state index in [-0.39, 0.29) is 0 Å². The highest BCUT2D eigenvalue weighted by Crippen LogP contribution is 2.34. The number of amides is 1. The summed E-state index contributed by atoms with van der Waals surface area (Å²) in [7, 11) is 0. The third kappa shape index (κ3) is 0.485. The van der Waals surface area contributed by atoms with Crippen LogP contribution in [0.1, 0.15) is 19.8 Å². The molecule has 2 atom stereocenters. The molecular formula is C7H11NO. The minimum atomic E-state index is 0.340. The fourth-order valence-corrected chi connectivity index (χ4v) is 1.93. The van der Waals surface area contributed by atoms with Gasteiger partial charge in [0.1, 0.15) is 0 Å². The van der Waals surface area contributed by atoms with E-state index in [4.69, 9.17) is 0 Å². The summed E-state index contributed by atoms with van der Waals surface area (Å²) in [4.78, 5) is 13.0. The third-order valence-electron chi connectivity index (χ3n) is 2.55. The molecule has 2 aliphatic heterocycles. The van der Waals surface area contributed by atoms with Crippen LogP contribution in [0.25, 0.3) is 0 Å². The Labute approximate surface area is 54.8 Å². The zero-order valence-electron chi connectivity index (χ0n) is 5.63. The molecule has 0 spiro atoms. The number of rotatable bonds is 0.